The Bertz CT molecular complexity index is 994. The fourth-order valence-electron chi connectivity index (χ4n) is 2.36. The predicted octanol–water partition coefficient (Wildman–Crippen LogP) is 4.93. The van der Waals surface area contributed by atoms with E-state index < -0.39 is 0 Å². The number of benzene rings is 1. The Balaban J connectivity index is 1.61. The molecular weight excluding hydrogens is 320 g/mol. The number of nitrogens with zero attached hydrogens (tertiary/aromatic N) is 3. The summed E-state index contributed by atoms with van der Waals surface area (Å²) in [5.41, 5.74) is 1.89. The Morgan fingerprint density at radius 1 is 1.04 bits per heavy atom. The first-order valence-corrected chi connectivity index (χ1v) is 8.33. The van der Waals surface area contributed by atoms with E-state index in [-0.39, 0.29) is 0 Å². The normalized spacial score (nSPS) is 10.7. The van der Waals surface area contributed by atoms with Crippen molar-refractivity contribution in [1.82, 2.24) is 15.0 Å². The highest BCUT2D eigenvalue weighted by atomic mass is 32.1. The minimum atomic E-state index is 0.695. The van der Waals surface area contributed by atoms with Gasteiger partial charge in [0.05, 0.1) is 11.2 Å². The monoisotopic (exact) mass is 334 g/mol. The van der Waals surface area contributed by atoms with Crippen LogP contribution >= 0.6 is 11.3 Å². The number of nitrogens with one attached hydrogen (secondary N) is 1. The SMILES string of the molecule is Cc1csc(Nc2cc(Oc3cccc4ncccc34)ccn2)n1. The topological polar surface area (TPSA) is 59.9 Å². The van der Waals surface area contributed by atoms with E-state index in [1.54, 1.807) is 23.7 Å². The van der Waals surface area contributed by atoms with Crippen LogP contribution in [-0.4, -0.2) is 15.0 Å². The van der Waals surface area contributed by atoms with Gasteiger partial charge in [-0.25, -0.2) is 9.97 Å². The molecule has 0 unspecified atom stereocenters. The van der Waals surface area contributed by atoms with Crippen molar-refractivity contribution in [2.75, 3.05) is 5.32 Å². The van der Waals surface area contributed by atoms with Crippen LogP contribution in [0.4, 0.5) is 10.9 Å². The zero-order valence-electron chi connectivity index (χ0n) is 12.9. The number of ether oxygens (including phenoxy) is 1. The maximum atomic E-state index is 6.04. The number of pyridine rings is 2. The van der Waals surface area contributed by atoms with Crippen LogP contribution in [0.2, 0.25) is 0 Å². The molecule has 0 radical (unpaired) electrons. The van der Waals surface area contributed by atoms with Crippen LogP contribution < -0.4 is 10.1 Å². The van der Waals surface area contributed by atoms with Crippen LogP contribution in [0.25, 0.3) is 10.9 Å². The molecule has 1 N–H and O–H groups in total. The molecule has 0 amide bonds. The van der Waals surface area contributed by atoms with Gasteiger partial charge in [-0.2, -0.15) is 0 Å². The molecule has 0 atom stereocenters. The van der Waals surface area contributed by atoms with Crippen LogP contribution in [0.5, 0.6) is 11.5 Å². The number of thiazole rings is 1. The Kier molecular flexibility index (Phi) is 3.80. The van der Waals surface area contributed by atoms with E-state index in [1.165, 1.54) is 0 Å². The maximum Gasteiger partial charge on any atom is 0.188 e. The summed E-state index contributed by atoms with van der Waals surface area (Å²) in [6.45, 7) is 1.96. The van der Waals surface area contributed by atoms with Crippen molar-refractivity contribution in [2.24, 2.45) is 0 Å². The third-order valence-corrected chi connectivity index (χ3v) is 4.29. The van der Waals surface area contributed by atoms with Gasteiger partial charge in [0.2, 0.25) is 0 Å². The van der Waals surface area contributed by atoms with Gasteiger partial charge in [-0.05, 0) is 37.3 Å². The molecule has 5 nitrogen and oxygen atoms in total. The highest BCUT2D eigenvalue weighted by Crippen LogP contribution is 2.30. The summed E-state index contributed by atoms with van der Waals surface area (Å²) in [7, 11) is 0. The summed E-state index contributed by atoms with van der Waals surface area (Å²) in [5, 5.41) is 6.97. The Labute approximate surface area is 143 Å². The Morgan fingerprint density at radius 3 is 2.88 bits per heavy atom. The first kappa shape index (κ1) is 14.6. The molecule has 6 heteroatoms. The molecule has 0 aliphatic heterocycles. The number of aromatic nitrogens is 3. The molecule has 4 aromatic rings. The summed E-state index contributed by atoms with van der Waals surface area (Å²) in [4.78, 5) is 13.0. The molecule has 1 aromatic carbocycles. The third-order valence-electron chi connectivity index (χ3n) is 3.42. The van der Waals surface area contributed by atoms with E-state index in [2.05, 4.69) is 20.3 Å². The van der Waals surface area contributed by atoms with Gasteiger partial charge < -0.3 is 10.1 Å². The van der Waals surface area contributed by atoms with E-state index in [0.717, 1.165) is 27.5 Å². The average molecular weight is 334 g/mol. The lowest BCUT2D eigenvalue weighted by atomic mass is 10.2. The molecule has 118 valence electrons. The zero-order valence-corrected chi connectivity index (χ0v) is 13.7. The minimum absolute atomic E-state index is 0.695. The lowest BCUT2D eigenvalue weighted by molar-refractivity contribution is 0.488. The van der Waals surface area contributed by atoms with E-state index >= 15 is 0 Å². The van der Waals surface area contributed by atoms with Gasteiger partial charge in [-0.1, -0.05) is 6.07 Å². The molecule has 0 spiro atoms. The van der Waals surface area contributed by atoms with E-state index in [0.29, 0.717) is 11.6 Å². The van der Waals surface area contributed by atoms with Crippen molar-refractivity contribution in [1.29, 1.82) is 0 Å². The molecule has 3 aromatic heterocycles. The van der Waals surface area contributed by atoms with Gasteiger partial charge in [0.1, 0.15) is 17.3 Å². The first-order valence-electron chi connectivity index (χ1n) is 7.45. The molecule has 0 saturated carbocycles. The van der Waals surface area contributed by atoms with Gasteiger partial charge in [-0.3, -0.25) is 4.98 Å². The summed E-state index contributed by atoms with van der Waals surface area (Å²) in [5.74, 6) is 2.17. The van der Waals surface area contributed by atoms with E-state index in [9.17, 15) is 0 Å². The van der Waals surface area contributed by atoms with Crippen molar-refractivity contribution >= 4 is 33.2 Å². The predicted molar refractivity (Wildman–Crippen MR) is 96.2 cm³/mol. The van der Waals surface area contributed by atoms with Gasteiger partial charge >= 0.3 is 0 Å². The number of hydrogen-bond donors (Lipinski definition) is 1. The van der Waals surface area contributed by atoms with Crippen molar-refractivity contribution < 1.29 is 4.74 Å². The van der Waals surface area contributed by atoms with E-state index in [4.69, 9.17) is 4.74 Å². The lowest BCUT2D eigenvalue weighted by Crippen LogP contribution is -1.94. The summed E-state index contributed by atoms with van der Waals surface area (Å²) in [6, 6.07) is 13.4. The minimum Gasteiger partial charge on any atom is -0.456 e. The van der Waals surface area contributed by atoms with Crippen LogP contribution in [0, 0.1) is 6.92 Å². The first-order chi connectivity index (χ1) is 11.8. The van der Waals surface area contributed by atoms with Crippen molar-refractivity contribution in [3.8, 4) is 11.5 Å². The summed E-state index contributed by atoms with van der Waals surface area (Å²) in [6.07, 6.45) is 3.48. The van der Waals surface area contributed by atoms with Crippen LogP contribution in [-0.2, 0) is 0 Å². The molecule has 4 rings (SSSR count). The zero-order chi connectivity index (χ0) is 16.4. The maximum absolute atomic E-state index is 6.04. The average Bonchev–Trinajstić information content (AvgIpc) is 3.00. The largest absolute Gasteiger partial charge is 0.456 e. The van der Waals surface area contributed by atoms with Gasteiger partial charge in [0.15, 0.2) is 5.13 Å². The quantitative estimate of drug-likeness (QED) is 0.573. The van der Waals surface area contributed by atoms with Crippen LogP contribution in [0.15, 0.2) is 60.2 Å². The van der Waals surface area contributed by atoms with Crippen molar-refractivity contribution in [3.63, 3.8) is 0 Å². The second-order valence-corrected chi connectivity index (χ2v) is 6.08. The van der Waals surface area contributed by atoms with E-state index in [1.807, 2.05) is 54.8 Å². The van der Waals surface area contributed by atoms with Crippen LogP contribution in [0.3, 0.4) is 0 Å². The highest BCUT2D eigenvalue weighted by Gasteiger charge is 2.06. The molecule has 0 aliphatic rings. The van der Waals surface area contributed by atoms with Gasteiger partial charge in [0, 0.05) is 29.2 Å². The molecule has 24 heavy (non-hydrogen) atoms. The van der Waals surface area contributed by atoms with Gasteiger partial charge in [0.25, 0.3) is 0 Å². The number of hydrogen-bond acceptors (Lipinski definition) is 6. The Hall–Kier alpha value is -2.99. The number of anilines is 2. The number of fused-ring (bicyclic) bond motifs is 1. The molecular formula is C18H14N4OS. The highest BCUT2D eigenvalue weighted by molar-refractivity contribution is 7.13. The number of rotatable bonds is 4. The van der Waals surface area contributed by atoms with Gasteiger partial charge in [-0.15, -0.1) is 11.3 Å². The third kappa shape index (κ3) is 3.04. The molecule has 0 saturated heterocycles. The molecule has 0 fully saturated rings. The van der Waals surface area contributed by atoms with Crippen LogP contribution in [0.1, 0.15) is 5.69 Å². The Morgan fingerprint density at radius 2 is 2.00 bits per heavy atom. The van der Waals surface area contributed by atoms with Crippen molar-refractivity contribution in [2.45, 2.75) is 6.92 Å². The fraction of sp³-hybridized carbons (Fsp3) is 0.0556. The summed E-state index contributed by atoms with van der Waals surface area (Å²) < 4.78 is 6.04. The fourth-order valence-corrected chi connectivity index (χ4v) is 3.05. The smallest absolute Gasteiger partial charge is 0.188 e. The number of aryl methyl sites for hydroxylation is 1. The van der Waals surface area contributed by atoms with Crippen molar-refractivity contribution in [3.05, 3.63) is 65.9 Å². The summed E-state index contributed by atoms with van der Waals surface area (Å²) >= 11 is 1.54. The second-order valence-electron chi connectivity index (χ2n) is 5.22. The standard InChI is InChI=1S/C18H14N4OS/c1-12-11-24-18(21-12)22-17-10-13(7-9-20-17)23-16-6-2-5-15-14(16)4-3-8-19-15/h2-11H,1H3,(H,20,21,22). The lowest BCUT2D eigenvalue weighted by Gasteiger charge is -2.09. The molecule has 0 aliphatic carbocycles. The second kappa shape index (κ2) is 6.25. The molecule has 0 bridgehead atoms. The molecule has 3 heterocycles.